The summed E-state index contributed by atoms with van der Waals surface area (Å²) in [4.78, 5) is 27.0. The van der Waals surface area contributed by atoms with Gasteiger partial charge in [-0.25, -0.2) is 9.48 Å². The van der Waals surface area contributed by atoms with Crippen molar-refractivity contribution >= 4 is 5.91 Å². The van der Waals surface area contributed by atoms with Gasteiger partial charge in [-0.2, -0.15) is 10.2 Å². The summed E-state index contributed by atoms with van der Waals surface area (Å²) in [6.07, 6.45) is 4.16. The highest BCUT2D eigenvalue weighted by molar-refractivity contribution is 5.75. The zero-order chi connectivity index (χ0) is 18.8. The van der Waals surface area contributed by atoms with Crippen molar-refractivity contribution in [3.8, 4) is 0 Å². The van der Waals surface area contributed by atoms with Crippen molar-refractivity contribution in [1.29, 1.82) is 0 Å². The Balaban J connectivity index is 1.44. The van der Waals surface area contributed by atoms with E-state index < -0.39 is 0 Å². The van der Waals surface area contributed by atoms with Gasteiger partial charge in [0.1, 0.15) is 12.4 Å². The average Bonchev–Trinajstić information content (AvgIpc) is 3.11. The molecule has 0 saturated heterocycles. The molecule has 1 aromatic carbocycles. The molecule has 0 aliphatic carbocycles. The van der Waals surface area contributed by atoms with E-state index >= 15 is 0 Å². The monoisotopic (exact) mass is 366 g/mol. The third-order valence-electron chi connectivity index (χ3n) is 4.79. The van der Waals surface area contributed by atoms with Crippen molar-refractivity contribution in [3.05, 3.63) is 70.2 Å². The molecule has 8 heteroatoms. The second kappa shape index (κ2) is 7.22. The number of rotatable bonds is 4. The fourth-order valence-electron chi connectivity index (χ4n) is 3.36. The van der Waals surface area contributed by atoms with Crippen LogP contribution < -0.4 is 5.69 Å². The van der Waals surface area contributed by atoms with Crippen LogP contribution in [0.15, 0.2) is 47.5 Å². The van der Waals surface area contributed by atoms with E-state index in [4.69, 9.17) is 0 Å². The quantitative estimate of drug-likeness (QED) is 0.680. The lowest BCUT2D eigenvalue weighted by atomic mass is 10.2. The minimum atomic E-state index is -0.120. The van der Waals surface area contributed by atoms with Gasteiger partial charge in [0.2, 0.25) is 5.91 Å². The first-order valence-corrected chi connectivity index (χ1v) is 9.07. The van der Waals surface area contributed by atoms with Crippen molar-refractivity contribution < 1.29 is 4.79 Å². The first kappa shape index (κ1) is 17.3. The molecule has 2 aromatic heterocycles. The van der Waals surface area contributed by atoms with Crippen LogP contribution >= 0.6 is 0 Å². The Kier molecular flexibility index (Phi) is 4.62. The molecule has 0 atom stereocenters. The maximum absolute atomic E-state index is 12.7. The van der Waals surface area contributed by atoms with Gasteiger partial charge < -0.3 is 4.90 Å². The van der Waals surface area contributed by atoms with E-state index in [1.165, 1.54) is 4.68 Å². The van der Waals surface area contributed by atoms with Crippen LogP contribution in [0.3, 0.4) is 0 Å². The number of carbonyl (C=O) groups is 1. The fourth-order valence-corrected chi connectivity index (χ4v) is 3.36. The summed E-state index contributed by atoms with van der Waals surface area (Å²) in [5.74, 6) is 0.745. The van der Waals surface area contributed by atoms with Crippen LogP contribution in [0.1, 0.15) is 17.0 Å². The highest BCUT2D eigenvalue weighted by atomic mass is 16.2. The van der Waals surface area contributed by atoms with E-state index in [1.54, 1.807) is 20.3 Å². The van der Waals surface area contributed by atoms with Gasteiger partial charge in [0.25, 0.3) is 0 Å². The van der Waals surface area contributed by atoms with Gasteiger partial charge in [0.15, 0.2) is 0 Å². The summed E-state index contributed by atoms with van der Waals surface area (Å²) < 4.78 is 4.84. The Hall–Kier alpha value is -3.16. The third kappa shape index (κ3) is 3.69. The van der Waals surface area contributed by atoms with E-state index in [2.05, 4.69) is 10.2 Å². The molecule has 1 amide bonds. The van der Waals surface area contributed by atoms with Gasteiger partial charge in [0.05, 0.1) is 12.7 Å². The molecule has 0 saturated carbocycles. The highest BCUT2D eigenvalue weighted by Gasteiger charge is 2.22. The summed E-state index contributed by atoms with van der Waals surface area (Å²) in [5.41, 5.74) is 1.95. The van der Waals surface area contributed by atoms with Crippen LogP contribution in [-0.2, 0) is 30.8 Å². The fraction of sp³-hybridized carbons (Fsp3) is 0.368. The van der Waals surface area contributed by atoms with E-state index in [-0.39, 0.29) is 18.1 Å². The Bertz CT molecular complexity index is 1000. The molecule has 3 aromatic rings. The van der Waals surface area contributed by atoms with Crippen LogP contribution in [-0.4, -0.2) is 48.0 Å². The molecule has 4 rings (SSSR count). The highest BCUT2D eigenvalue weighted by Crippen LogP contribution is 2.07. The zero-order valence-electron chi connectivity index (χ0n) is 15.3. The molecule has 0 bridgehead atoms. The van der Waals surface area contributed by atoms with Crippen molar-refractivity contribution in [1.82, 2.24) is 29.0 Å². The molecule has 0 radical (unpaired) electrons. The second-order valence-corrected chi connectivity index (χ2v) is 6.84. The van der Waals surface area contributed by atoms with Crippen LogP contribution in [0.25, 0.3) is 0 Å². The minimum absolute atomic E-state index is 0.00784. The van der Waals surface area contributed by atoms with Gasteiger partial charge in [-0.3, -0.25) is 14.0 Å². The number of hydrogen-bond donors (Lipinski definition) is 0. The molecule has 0 N–H and O–H groups in total. The largest absolute Gasteiger partial charge is 0.346 e. The maximum Gasteiger partial charge on any atom is 0.346 e. The number of fused-ring (bicyclic) bond motifs is 1. The second-order valence-electron chi connectivity index (χ2n) is 6.84. The van der Waals surface area contributed by atoms with E-state index in [9.17, 15) is 9.59 Å². The van der Waals surface area contributed by atoms with Gasteiger partial charge in [-0.1, -0.05) is 30.3 Å². The predicted molar refractivity (Wildman–Crippen MR) is 99.3 cm³/mol. The summed E-state index contributed by atoms with van der Waals surface area (Å²) in [6, 6.07) is 9.81. The number of aromatic nitrogens is 5. The Morgan fingerprint density at radius 2 is 1.96 bits per heavy atom. The van der Waals surface area contributed by atoms with E-state index in [0.717, 1.165) is 17.0 Å². The molecule has 27 heavy (non-hydrogen) atoms. The predicted octanol–water partition coefficient (Wildman–Crippen LogP) is 0.683. The summed E-state index contributed by atoms with van der Waals surface area (Å²) in [5, 5.41) is 8.67. The van der Waals surface area contributed by atoms with Crippen molar-refractivity contribution in [3.63, 3.8) is 0 Å². The molecule has 1 aliphatic heterocycles. The van der Waals surface area contributed by atoms with Crippen LogP contribution in [0, 0.1) is 6.92 Å². The number of aryl methyl sites for hydroxylation is 1. The Morgan fingerprint density at radius 3 is 2.70 bits per heavy atom. The van der Waals surface area contributed by atoms with Crippen molar-refractivity contribution in [2.45, 2.75) is 33.0 Å². The summed E-state index contributed by atoms with van der Waals surface area (Å²) in [6.45, 7) is 4.14. The third-order valence-corrected chi connectivity index (χ3v) is 4.79. The standard InChI is InChI=1S/C19H22N6O2/c1-15-11-20-23(12-15)14-18(26)22-8-7-17-21-25(19(27)24(17)10-9-22)13-16-5-3-2-4-6-16/h2-6,11-12H,7-10,13-14H2,1H3. The number of carbonyl (C=O) groups excluding carboxylic acids is 1. The van der Waals surface area contributed by atoms with Gasteiger partial charge in [0, 0.05) is 32.3 Å². The molecular weight excluding hydrogens is 344 g/mol. The van der Waals surface area contributed by atoms with E-state index in [0.29, 0.717) is 32.6 Å². The number of hydrogen-bond acceptors (Lipinski definition) is 4. The molecule has 8 nitrogen and oxygen atoms in total. The molecule has 0 unspecified atom stereocenters. The topological polar surface area (TPSA) is 78.0 Å². The molecule has 0 spiro atoms. The van der Waals surface area contributed by atoms with Crippen molar-refractivity contribution in [2.75, 3.05) is 13.1 Å². The molecule has 3 heterocycles. The zero-order valence-corrected chi connectivity index (χ0v) is 15.3. The minimum Gasteiger partial charge on any atom is -0.339 e. The van der Waals surface area contributed by atoms with Gasteiger partial charge in [-0.15, -0.1) is 0 Å². The van der Waals surface area contributed by atoms with E-state index in [1.807, 2.05) is 43.5 Å². The maximum atomic E-state index is 12.7. The number of nitrogens with zero attached hydrogens (tertiary/aromatic N) is 6. The van der Waals surface area contributed by atoms with Crippen molar-refractivity contribution in [2.24, 2.45) is 0 Å². The number of amides is 1. The lowest BCUT2D eigenvalue weighted by Gasteiger charge is -2.19. The Morgan fingerprint density at radius 1 is 1.15 bits per heavy atom. The first-order valence-electron chi connectivity index (χ1n) is 9.07. The lowest BCUT2D eigenvalue weighted by Crippen LogP contribution is -2.37. The molecular formula is C19H22N6O2. The van der Waals surface area contributed by atoms with Crippen LogP contribution in [0.5, 0.6) is 0 Å². The van der Waals surface area contributed by atoms with Crippen LogP contribution in [0.2, 0.25) is 0 Å². The average molecular weight is 366 g/mol. The lowest BCUT2D eigenvalue weighted by molar-refractivity contribution is -0.132. The summed E-state index contributed by atoms with van der Waals surface area (Å²) in [7, 11) is 0. The first-order chi connectivity index (χ1) is 13.1. The van der Waals surface area contributed by atoms with Crippen LogP contribution in [0.4, 0.5) is 0 Å². The normalized spacial score (nSPS) is 14.0. The molecule has 1 aliphatic rings. The Labute approximate surface area is 156 Å². The molecule has 140 valence electrons. The smallest absolute Gasteiger partial charge is 0.339 e. The SMILES string of the molecule is Cc1cnn(CC(=O)N2CCc3nn(Cc4ccccc4)c(=O)n3CC2)c1. The number of benzene rings is 1. The summed E-state index contributed by atoms with van der Waals surface area (Å²) >= 11 is 0. The van der Waals surface area contributed by atoms with Gasteiger partial charge in [-0.05, 0) is 18.1 Å². The van der Waals surface area contributed by atoms with Gasteiger partial charge >= 0.3 is 5.69 Å². The molecule has 0 fully saturated rings.